The molecule has 4 rings (SSSR count). The van der Waals surface area contributed by atoms with Gasteiger partial charge in [0.05, 0.1) is 36.1 Å². The van der Waals surface area contributed by atoms with E-state index < -0.39 is 0 Å². The Hall–Kier alpha value is -3.78. The first-order valence-electron chi connectivity index (χ1n) is 12.6. The molecule has 1 heterocycles. The van der Waals surface area contributed by atoms with Crippen LogP contribution < -0.4 is 15.0 Å². The van der Waals surface area contributed by atoms with Crippen molar-refractivity contribution in [2.24, 2.45) is 5.92 Å². The number of carbonyl (C=O) groups excluding carboxylic acids is 2. The molecule has 3 amide bonds. The van der Waals surface area contributed by atoms with Gasteiger partial charge in [0.15, 0.2) is 5.75 Å². The second-order valence-electron chi connectivity index (χ2n) is 10.0. The molecule has 0 aromatic heterocycles. The van der Waals surface area contributed by atoms with Crippen molar-refractivity contribution in [2.45, 2.75) is 26.0 Å². The lowest BCUT2D eigenvalue weighted by Crippen LogP contribution is -2.50. The van der Waals surface area contributed by atoms with Gasteiger partial charge < -0.3 is 29.9 Å². The summed E-state index contributed by atoms with van der Waals surface area (Å²) in [5, 5.41) is 14.9. The van der Waals surface area contributed by atoms with E-state index in [1.807, 2.05) is 87.4 Å². The molecule has 0 bridgehead atoms. The van der Waals surface area contributed by atoms with Crippen molar-refractivity contribution in [3.63, 3.8) is 0 Å². The summed E-state index contributed by atoms with van der Waals surface area (Å²) < 4.78 is 6.54. The molecule has 0 aliphatic carbocycles. The Balaban J connectivity index is 1.62. The van der Waals surface area contributed by atoms with E-state index in [4.69, 9.17) is 4.74 Å². The molecule has 3 atom stereocenters. The van der Waals surface area contributed by atoms with Crippen LogP contribution in [0.3, 0.4) is 0 Å². The fourth-order valence-electron chi connectivity index (χ4n) is 4.70. The molecule has 196 valence electrons. The maximum absolute atomic E-state index is 13.5. The van der Waals surface area contributed by atoms with Crippen LogP contribution in [0.1, 0.15) is 24.2 Å². The van der Waals surface area contributed by atoms with Crippen molar-refractivity contribution in [2.75, 3.05) is 51.1 Å². The number of ether oxygens (including phenoxy) is 1. The Morgan fingerprint density at radius 3 is 2.54 bits per heavy atom. The van der Waals surface area contributed by atoms with Gasteiger partial charge in [-0.1, -0.05) is 49.4 Å². The Bertz CT molecular complexity index is 1270. The molecule has 3 aromatic rings. The number of nitrogens with zero attached hydrogens (tertiary/aromatic N) is 3. The number of likely N-dealkylation sites (N-methyl/N-ethyl adjacent to an activating group) is 1. The van der Waals surface area contributed by atoms with Crippen LogP contribution in [0, 0.1) is 5.92 Å². The number of fused-ring (bicyclic) bond motifs is 2. The lowest BCUT2D eigenvalue weighted by atomic mass is 9.99. The first-order chi connectivity index (χ1) is 17.7. The summed E-state index contributed by atoms with van der Waals surface area (Å²) in [6.07, 6.45) is -0.385. The Kier molecular flexibility index (Phi) is 7.88. The van der Waals surface area contributed by atoms with Crippen LogP contribution in [0.25, 0.3) is 10.8 Å². The van der Waals surface area contributed by atoms with Crippen LogP contribution in [0.15, 0.2) is 60.7 Å². The first-order valence-corrected chi connectivity index (χ1v) is 12.6. The van der Waals surface area contributed by atoms with Crippen LogP contribution in [0.4, 0.5) is 16.2 Å². The maximum Gasteiger partial charge on any atom is 0.321 e. The van der Waals surface area contributed by atoms with E-state index in [-0.39, 0.29) is 36.6 Å². The molecule has 1 aliphatic rings. The maximum atomic E-state index is 13.5. The molecular weight excluding hydrogens is 468 g/mol. The largest absolute Gasteiger partial charge is 0.485 e. The molecule has 0 saturated heterocycles. The summed E-state index contributed by atoms with van der Waals surface area (Å²) in [5.74, 6) is 0.216. The zero-order valence-corrected chi connectivity index (χ0v) is 22.1. The minimum Gasteiger partial charge on any atom is -0.485 e. The zero-order valence-electron chi connectivity index (χ0n) is 22.1. The number of benzene rings is 3. The molecule has 1 aliphatic heterocycles. The number of para-hydroxylation sites is 1. The smallest absolute Gasteiger partial charge is 0.321 e. The molecule has 8 heteroatoms. The van der Waals surface area contributed by atoms with Crippen molar-refractivity contribution in [3.05, 3.63) is 66.2 Å². The number of anilines is 2. The summed E-state index contributed by atoms with van der Waals surface area (Å²) in [4.78, 5) is 32.0. The van der Waals surface area contributed by atoms with E-state index >= 15 is 0 Å². The van der Waals surface area contributed by atoms with Crippen LogP contribution in [0.2, 0.25) is 0 Å². The highest BCUT2D eigenvalue weighted by Gasteiger charge is 2.35. The van der Waals surface area contributed by atoms with E-state index in [0.29, 0.717) is 24.4 Å². The molecule has 8 nitrogen and oxygen atoms in total. The number of hydrogen-bond acceptors (Lipinski definition) is 5. The highest BCUT2D eigenvalue weighted by atomic mass is 16.5. The fraction of sp³-hybridized carbons (Fsp3) is 0.379. The van der Waals surface area contributed by atoms with Crippen LogP contribution >= 0.6 is 0 Å². The van der Waals surface area contributed by atoms with E-state index in [1.54, 1.807) is 22.9 Å². The van der Waals surface area contributed by atoms with Crippen molar-refractivity contribution in [1.82, 2.24) is 9.80 Å². The quantitative estimate of drug-likeness (QED) is 0.523. The number of aliphatic hydroxyl groups excluding tert-OH is 1. The van der Waals surface area contributed by atoms with Crippen molar-refractivity contribution in [3.8, 4) is 5.75 Å². The van der Waals surface area contributed by atoms with Gasteiger partial charge in [-0.2, -0.15) is 0 Å². The molecule has 0 saturated carbocycles. The standard InChI is InChI=1S/C29H36N4O4/c1-19-16-33(20(2)18-34)28(35)23-13-9-15-25(31(3)4)27(23)37-26(19)17-32(5)29(36)30-24-14-8-11-21-10-6-7-12-22(21)24/h6-15,19-20,26,34H,16-18H2,1-5H3,(H,30,36)/t19-,20-,26+/m0/s1. The normalized spacial score (nSPS) is 18.3. The lowest BCUT2D eigenvalue weighted by Gasteiger charge is -2.39. The first kappa shape index (κ1) is 26.3. The van der Waals surface area contributed by atoms with Crippen molar-refractivity contribution < 1.29 is 19.4 Å². The van der Waals surface area contributed by atoms with Crippen molar-refractivity contribution >= 4 is 34.1 Å². The third-order valence-corrected chi connectivity index (χ3v) is 6.98. The highest BCUT2D eigenvalue weighted by molar-refractivity contribution is 6.01. The van der Waals surface area contributed by atoms with Crippen LogP contribution in [-0.2, 0) is 0 Å². The average molecular weight is 505 g/mol. The summed E-state index contributed by atoms with van der Waals surface area (Å²) in [7, 11) is 5.55. The Morgan fingerprint density at radius 2 is 1.81 bits per heavy atom. The highest BCUT2D eigenvalue weighted by Crippen LogP contribution is 2.36. The van der Waals surface area contributed by atoms with Gasteiger partial charge in [0, 0.05) is 39.0 Å². The van der Waals surface area contributed by atoms with Crippen LogP contribution in [0.5, 0.6) is 5.75 Å². The number of aliphatic hydroxyl groups is 1. The SMILES string of the molecule is C[C@H]1CN([C@@H](C)CO)C(=O)c2cccc(N(C)C)c2O[C@@H]1CN(C)C(=O)Nc1cccc2ccccc12. The molecule has 0 spiro atoms. The number of carbonyl (C=O) groups is 2. The summed E-state index contributed by atoms with van der Waals surface area (Å²) in [5.41, 5.74) is 1.98. The number of nitrogens with one attached hydrogen (secondary N) is 1. The lowest BCUT2D eigenvalue weighted by molar-refractivity contribution is 0.0372. The third-order valence-electron chi connectivity index (χ3n) is 6.98. The summed E-state index contributed by atoms with van der Waals surface area (Å²) in [6, 6.07) is 18.7. The number of amides is 3. The Morgan fingerprint density at radius 1 is 1.11 bits per heavy atom. The van der Waals surface area contributed by atoms with Gasteiger partial charge in [0.25, 0.3) is 5.91 Å². The zero-order chi connectivity index (χ0) is 26.7. The van der Waals surface area contributed by atoms with Crippen LogP contribution in [-0.4, -0.2) is 79.8 Å². The molecule has 0 unspecified atom stereocenters. The summed E-state index contributed by atoms with van der Waals surface area (Å²) >= 11 is 0. The third kappa shape index (κ3) is 5.49. The van der Waals surface area contributed by atoms with Gasteiger partial charge in [0.1, 0.15) is 6.10 Å². The molecule has 2 N–H and O–H groups in total. The van der Waals surface area contributed by atoms with Gasteiger partial charge in [0.2, 0.25) is 0 Å². The molecule has 0 radical (unpaired) electrons. The number of rotatable bonds is 6. The molecule has 37 heavy (non-hydrogen) atoms. The predicted octanol–water partition coefficient (Wildman–Crippen LogP) is 4.29. The monoisotopic (exact) mass is 504 g/mol. The second-order valence-corrected chi connectivity index (χ2v) is 10.0. The predicted molar refractivity (Wildman–Crippen MR) is 148 cm³/mol. The minimum absolute atomic E-state index is 0.103. The fourth-order valence-corrected chi connectivity index (χ4v) is 4.70. The second kappa shape index (κ2) is 11.1. The molecule has 3 aromatic carbocycles. The number of hydrogen-bond donors (Lipinski definition) is 2. The van der Waals surface area contributed by atoms with Crippen molar-refractivity contribution in [1.29, 1.82) is 0 Å². The molecular formula is C29H36N4O4. The van der Waals surface area contributed by atoms with E-state index in [1.165, 1.54) is 0 Å². The number of urea groups is 1. The molecule has 0 fully saturated rings. The topological polar surface area (TPSA) is 85.4 Å². The van der Waals surface area contributed by atoms with E-state index in [9.17, 15) is 14.7 Å². The summed E-state index contributed by atoms with van der Waals surface area (Å²) in [6.45, 7) is 4.42. The average Bonchev–Trinajstić information content (AvgIpc) is 2.89. The van der Waals surface area contributed by atoms with Gasteiger partial charge >= 0.3 is 6.03 Å². The Labute approximate surface area is 218 Å². The van der Waals surface area contributed by atoms with E-state index in [0.717, 1.165) is 22.1 Å². The minimum atomic E-state index is -0.385. The van der Waals surface area contributed by atoms with Gasteiger partial charge in [-0.25, -0.2) is 4.79 Å². The van der Waals surface area contributed by atoms with Gasteiger partial charge in [-0.05, 0) is 30.5 Å². The van der Waals surface area contributed by atoms with E-state index in [2.05, 4.69) is 5.32 Å². The van der Waals surface area contributed by atoms with Gasteiger partial charge in [-0.3, -0.25) is 4.79 Å². The van der Waals surface area contributed by atoms with Gasteiger partial charge in [-0.15, -0.1) is 0 Å².